The maximum atomic E-state index is 12.4. The highest BCUT2D eigenvalue weighted by molar-refractivity contribution is 5.97. The molecule has 1 fully saturated rings. The predicted octanol–water partition coefficient (Wildman–Crippen LogP) is 2.69. The molecule has 2 atom stereocenters. The second-order valence-corrected chi connectivity index (χ2v) is 8.08. The fraction of sp³-hybridized carbons (Fsp3) is 0.619. The molecule has 2 unspecified atom stereocenters. The molecule has 26 heavy (non-hydrogen) atoms. The molecule has 0 radical (unpaired) electrons. The van der Waals surface area contributed by atoms with Crippen LogP contribution >= 0.6 is 0 Å². The van der Waals surface area contributed by atoms with E-state index in [1.54, 1.807) is 11.8 Å². The Morgan fingerprint density at radius 3 is 2.62 bits per heavy atom. The van der Waals surface area contributed by atoms with Crippen LogP contribution in [0.4, 0.5) is 5.69 Å². The lowest BCUT2D eigenvalue weighted by molar-refractivity contribution is -0.116. The molecule has 1 N–H and O–H groups in total. The molecule has 0 aliphatic carbocycles. The van der Waals surface area contributed by atoms with Gasteiger partial charge in [-0.3, -0.25) is 9.59 Å². The number of carbonyl (C=O) groups is 2. The average Bonchev–Trinajstić information content (AvgIpc) is 3.01. The van der Waals surface area contributed by atoms with Gasteiger partial charge in [0, 0.05) is 44.4 Å². The first-order valence-corrected chi connectivity index (χ1v) is 9.85. The van der Waals surface area contributed by atoms with E-state index in [0.717, 1.165) is 42.5 Å². The van der Waals surface area contributed by atoms with Crippen molar-refractivity contribution < 1.29 is 9.59 Å². The summed E-state index contributed by atoms with van der Waals surface area (Å²) >= 11 is 0. The zero-order chi connectivity index (χ0) is 18.7. The zero-order valence-corrected chi connectivity index (χ0v) is 16.3. The molecule has 0 saturated carbocycles. The number of amides is 2. The summed E-state index contributed by atoms with van der Waals surface area (Å²) in [5, 5.41) is 3.04. The second-order valence-electron chi connectivity index (χ2n) is 8.08. The SMILES string of the molecule is CC(=O)N1CCc2cc(C(=O)NCCCN3CC(C)CC(C)C3)ccc21. The van der Waals surface area contributed by atoms with Gasteiger partial charge in [-0.1, -0.05) is 13.8 Å². The smallest absolute Gasteiger partial charge is 0.251 e. The van der Waals surface area contributed by atoms with Crippen molar-refractivity contribution in [2.24, 2.45) is 11.8 Å². The summed E-state index contributed by atoms with van der Waals surface area (Å²) in [5.41, 5.74) is 2.72. The summed E-state index contributed by atoms with van der Waals surface area (Å²) in [6.45, 7) is 11.0. The van der Waals surface area contributed by atoms with Crippen molar-refractivity contribution >= 4 is 17.5 Å². The van der Waals surface area contributed by atoms with E-state index in [9.17, 15) is 9.59 Å². The minimum atomic E-state index is -0.0190. The number of hydrogen-bond acceptors (Lipinski definition) is 3. The molecule has 2 amide bonds. The van der Waals surface area contributed by atoms with E-state index in [0.29, 0.717) is 18.7 Å². The molecule has 0 bridgehead atoms. The van der Waals surface area contributed by atoms with Crippen molar-refractivity contribution in [3.05, 3.63) is 29.3 Å². The van der Waals surface area contributed by atoms with E-state index in [2.05, 4.69) is 24.1 Å². The molecule has 5 heteroatoms. The number of anilines is 1. The third-order valence-corrected chi connectivity index (χ3v) is 5.50. The summed E-state index contributed by atoms with van der Waals surface area (Å²) in [6, 6.07) is 5.65. The van der Waals surface area contributed by atoms with Gasteiger partial charge in [0.05, 0.1) is 0 Å². The lowest BCUT2D eigenvalue weighted by Gasteiger charge is -2.34. The molecule has 0 spiro atoms. The van der Waals surface area contributed by atoms with E-state index >= 15 is 0 Å². The number of nitrogens with one attached hydrogen (secondary N) is 1. The molecule has 1 aromatic carbocycles. The predicted molar refractivity (Wildman–Crippen MR) is 105 cm³/mol. The van der Waals surface area contributed by atoms with Crippen molar-refractivity contribution in [2.45, 2.75) is 40.0 Å². The number of likely N-dealkylation sites (tertiary alicyclic amines) is 1. The fourth-order valence-corrected chi connectivity index (χ4v) is 4.45. The van der Waals surface area contributed by atoms with E-state index < -0.39 is 0 Å². The van der Waals surface area contributed by atoms with Crippen LogP contribution in [0, 0.1) is 11.8 Å². The van der Waals surface area contributed by atoms with Crippen LogP contribution in [0.15, 0.2) is 18.2 Å². The largest absolute Gasteiger partial charge is 0.352 e. The van der Waals surface area contributed by atoms with Crippen LogP contribution in [0.2, 0.25) is 0 Å². The number of carbonyl (C=O) groups excluding carboxylic acids is 2. The average molecular weight is 357 g/mol. The molecular formula is C21H31N3O2. The van der Waals surface area contributed by atoms with Gasteiger partial charge in [0.1, 0.15) is 0 Å². The Bertz CT molecular complexity index is 663. The molecule has 142 valence electrons. The fourth-order valence-electron chi connectivity index (χ4n) is 4.45. The van der Waals surface area contributed by atoms with Gasteiger partial charge >= 0.3 is 0 Å². The molecule has 5 nitrogen and oxygen atoms in total. The maximum absolute atomic E-state index is 12.4. The van der Waals surface area contributed by atoms with Crippen molar-refractivity contribution in [1.29, 1.82) is 0 Å². The monoisotopic (exact) mass is 357 g/mol. The molecular weight excluding hydrogens is 326 g/mol. The van der Waals surface area contributed by atoms with Crippen molar-refractivity contribution in [1.82, 2.24) is 10.2 Å². The summed E-state index contributed by atoms with van der Waals surface area (Å²) in [7, 11) is 0. The van der Waals surface area contributed by atoms with Gasteiger partial charge in [-0.2, -0.15) is 0 Å². The number of fused-ring (bicyclic) bond motifs is 1. The van der Waals surface area contributed by atoms with Gasteiger partial charge in [0.2, 0.25) is 5.91 Å². The topological polar surface area (TPSA) is 52.7 Å². The zero-order valence-electron chi connectivity index (χ0n) is 16.3. The molecule has 3 rings (SSSR count). The Balaban J connectivity index is 1.46. The normalized spacial score (nSPS) is 23.0. The van der Waals surface area contributed by atoms with Crippen molar-refractivity contribution in [2.75, 3.05) is 37.6 Å². The van der Waals surface area contributed by atoms with Crippen LogP contribution in [0.1, 0.15) is 49.5 Å². The van der Waals surface area contributed by atoms with Gasteiger partial charge in [0.25, 0.3) is 5.91 Å². The van der Waals surface area contributed by atoms with E-state index in [4.69, 9.17) is 0 Å². The number of benzene rings is 1. The van der Waals surface area contributed by atoms with Crippen LogP contribution in [-0.2, 0) is 11.2 Å². The third-order valence-electron chi connectivity index (χ3n) is 5.50. The van der Waals surface area contributed by atoms with E-state index in [-0.39, 0.29) is 11.8 Å². The molecule has 2 aliphatic rings. The molecule has 2 heterocycles. The Morgan fingerprint density at radius 1 is 1.19 bits per heavy atom. The van der Waals surface area contributed by atoms with Gasteiger partial charge in [-0.15, -0.1) is 0 Å². The van der Waals surface area contributed by atoms with Gasteiger partial charge in [-0.05, 0) is 61.4 Å². The van der Waals surface area contributed by atoms with E-state index in [1.165, 1.54) is 19.5 Å². The lowest BCUT2D eigenvalue weighted by atomic mass is 9.92. The molecule has 1 aromatic rings. The Hall–Kier alpha value is -1.88. The number of nitrogens with zero attached hydrogens (tertiary/aromatic N) is 2. The highest BCUT2D eigenvalue weighted by Crippen LogP contribution is 2.28. The van der Waals surface area contributed by atoms with Crippen LogP contribution < -0.4 is 10.2 Å². The Labute approximate surface area is 156 Å². The minimum Gasteiger partial charge on any atom is -0.352 e. The van der Waals surface area contributed by atoms with E-state index in [1.807, 2.05) is 18.2 Å². The first-order chi connectivity index (χ1) is 12.4. The maximum Gasteiger partial charge on any atom is 0.251 e. The van der Waals surface area contributed by atoms with Crippen LogP contribution in [0.3, 0.4) is 0 Å². The summed E-state index contributed by atoms with van der Waals surface area (Å²) in [4.78, 5) is 28.3. The van der Waals surface area contributed by atoms with Crippen LogP contribution in [0.5, 0.6) is 0 Å². The van der Waals surface area contributed by atoms with Gasteiger partial charge < -0.3 is 15.1 Å². The van der Waals surface area contributed by atoms with Crippen LogP contribution in [0.25, 0.3) is 0 Å². The Morgan fingerprint density at radius 2 is 1.92 bits per heavy atom. The first kappa shape index (κ1) is 18.9. The summed E-state index contributed by atoms with van der Waals surface area (Å²) < 4.78 is 0. The van der Waals surface area contributed by atoms with Gasteiger partial charge in [0.15, 0.2) is 0 Å². The molecule has 2 aliphatic heterocycles. The minimum absolute atomic E-state index is 0.0190. The molecule has 0 aromatic heterocycles. The summed E-state index contributed by atoms with van der Waals surface area (Å²) in [6.07, 6.45) is 3.13. The first-order valence-electron chi connectivity index (χ1n) is 9.85. The number of hydrogen-bond donors (Lipinski definition) is 1. The highest BCUT2D eigenvalue weighted by Gasteiger charge is 2.23. The molecule has 1 saturated heterocycles. The highest BCUT2D eigenvalue weighted by atomic mass is 16.2. The Kier molecular flexibility index (Phi) is 5.97. The van der Waals surface area contributed by atoms with Crippen LogP contribution in [-0.4, -0.2) is 49.4 Å². The number of rotatable bonds is 5. The standard InChI is InChI=1S/C21H31N3O2/c1-15-11-16(2)14-23(13-15)9-4-8-22-21(26)19-5-6-20-18(12-19)7-10-24(20)17(3)25/h5-6,12,15-16H,4,7-11,13-14H2,1-3H3,(H,22,26). The quantitative estimate of drug-likeness (QED) is 0.825. The third kappa shape index (κ3) is 4.44. The second kappa shape index (κ2) is 8.21. The van der Waals surface area contributed by atoms with Crippen molar-refractivity contribution in [3.8, 4) is 0 Å². The summed E-state index contributed by atoms with van der Waals surface area (Å²) in [5.74, 6) is 1.58. The van der Waals surface area contributed by atoms with Gasteiger partial charge in [-0.25, -0.2) is 0 Å². The lowest BCUT2D eigenvalue weighted by Crippen LogP contribution is -2.40. The number of piperidine rings is 1. The van der Waals surface area contributed by atoms with Crippen molar-refractivity contribution in [3.63, 3.8) is 0 Å².